The molecule has 2 amide bonds. The largest absolute Gasteiger partial charge is 0.508 e. The Hall–Kier alpha value is -3.95. The number of aromatic nitrogens is 1. The highest BCUT2D eigenvalue weighted by Gasteiger charge is 2.69. The van der Waals surface area contributed by atoms with Crippen molar-refractivity contribution >= 4 is 50.3 Å². The molecule has 3 aromatic carbocycles. The van der Waals surface area contributed by atoms with Crippen LogP contribution >= 0.6 is 15.9 Å². The van der Waals surface area contributed by atoms with Crippen LogP contribution in [0.2, 0.25) is 0 Å². The maximum atomic E-state index is 14.1. The molecule has 39 heavy (non-hydrogen) atoms. The smallest absolute Gasteiger partial charge is 0.325 e. The summed E-state index contributed by atoms with van der Waals surface area (Å²) in [5, 5.41) is 25.6. The van der Waals surface area contributed by atoms with Crippen LogP contribution in [0.15, 0.2) is 77.4 Å². The van der Waals surface area contributed by atoms with Gasteiger partial charge >= 0.3 is 5.97 Å². The number of anilines is 1. The Bertz CT molecular complexity index is 1630. The number of para-hydroxylation sites is 1. The molecular formula is C30H26BrN3O5. The predicted molar refractivity (Wildman–Crippen MR) is 149 cm³/mol. The Kier molecular flexibility index (Phi) is 6.08. The first-order valence-corrected chi connectivity index (χ1v) is 13.6. The van der Waals surface area contributed by atoms with E-state index in [4.69, 9.17) is 0 Å². The Morgan fingerprint density at radius 2 is 1.79 bits per heavy atom. The highest BCUT2D eigenvalue weighted by Crippen LogP contribution is 2.52. The third-order valence-electron chi connectivity index (χ3n) is 8.11. The van der Waals surface area contributed by atoms with Crippen molar-refractivity contribution in [3.05, 3.63) is 94.1 Å². The fourth-order valence-corrected chi connectivity index (χ4v) is 6.57. The fourth-order valence-electron chi connectivity index (χ4n) is 6.19. The van der Waals surface area contributed by atoms with Crippen molar-refractivity contribution in [2.75, 3.05) is 4.90 Å². The van der Waals surface area contributed by atoms with E-state index in [0.29, 0.717) is 21.3 Å². The maximum absolute atomic E-state index is 14.1. The molecule has 4 atom stereocenters. The summed E-state index contributed by atoms with van der Waals surface area (Å²) < 4.78 is 0.655. The molecule has 2 aliphatic heterocycles. The number of benzene rings is 3. The second-order valence-corrected chi connectivity index (χ2v) is 11.1. The number of carbonyl (C=O) groups is 3. The molecule has 198 valence electrons. The van der Waals surface area contributed by atoms with Crippen LogP contribution in [0.25, 0.3) is 10.9 Å². The summed E-state index contributed by atoms with van der Waals surface area (Å²) >= 11 is 3.42. The van der Waals surface area contributed by atoms with E-state index in [1.165, 1.54) is 6.07 Å². The van der Waals surface area contributed by atoms with E-state index in [1.54, 1.807) is 30.5 Å². The van der Waals surface area contributed by atoms with Crippen LogP contribution in [-0.4, -0.2) is 38.5 Å². The van der Waals surface area contributed by atoms with Crippen molar-refractivity contribution in [3.63, 3.8) is 0 Å². The molecule has 0 bridgehead atoms. The molecule has 4 aromatic rings. The van der Waals surface area contributed by atoms with Gasteiger partial charge in [-0.2, -0.15) is 0 Å². The molecule has 0 spiro atoms. The van der Waals surface area contributed by atoms with Crippen LogP contribution in [-0.2, 0) is 27.2 Å². The number of aryl methyl sites for hydroxylation is 1. The molecular weight excluding hydrogens is 562 g/mol. The second-order valence-electron chi connectivity index (χ2n) is 10.2. The van der Waals surface area contributed by atoms with Gasteiger partial charge in [0, 0.05) is 39.6 Å². The molecule has 3 heterocycles. The van der Waals surface area contributed by atoms with Gasteiger partial charge in [0.1, 0.15) is 11.3 Å². The van der Waals surface area contributed by atoms with Crippen molar-refractivity contribution in [3.8, 4) is 5.75 Å². The predicted octanol–water partition coefficient (Wildman–Crippen LogP) is 4.71. The number of phenols is 1. The van der Waals surface area contributed by atoms with Crippen LogP contribution in [0.5, 0.6) is 5.75 Å². The van der Waals surface area contributed by atoms with Gasteiger partial charge in [-0.1, -0.05) is 53.2 Å². The molecule has 8 nitrogen and oxygen atoms in total. The number of nitrogens with one attached hydrogen (secondary N) is 2. The van der Waals surface area contributed by atoms with Crippen molar-refractivity contribution in [1.29, 1.82) is 0 Å². The van der Waals surface area contributed by atoms with Crippen LogP contribution < -0.4 is 10.2 Å². The molecule has 9 heteroatoms. The van der Waals surface area contributed by atoms with Crippen LogP contribution in [0.3, 0.4) is 0 Å². The molecule has 4 N–H and O–H groups in total. The van der Waals surface area contributed by atoms with Crippen LogP contribution in [0.4, 0.5) is 5.69 Å². The van der Waals surface area contributed by atoms with E-state index in [9.17, 15) is 24.6 Å². The first-order valence-electron chi connectivity index (χ1n) is 12.8. The molecule has 1 aromatic heterocycles. The van der Waals surface area contributed by atoms with E-state index in [1.807, 2.05) is 43.3 Å². The quantitative estimate of drug-likeness (QED) is 0.242. The summed E-state index contributed by atoms with van der Waals surface area (Å²) in [4.78, 5) is 45.6. The van der Waals surface area contributed by atoms with Gasteiger partial charge in [-0.3, -0.25) is 19.7 Å². The number of aromatic hydroxyl groups is 1. The summed E-state index contributed by atoms with van der Waals surface area (Å²) in [5.41, 5.74) is 1.56. The van der Waals surface area contributed by atoms with Gasteiger partial charge in [-0.05, 0) is 53.9 Å². The third-order valence-corrected chi connectivity index (χ3v) is 8.60. The van der Waals surface area contributed by atoms with Gasteiger partial charge in [-0.25, -0.2) is 4.90 Å². The first-order chi connectivity index (χ1) is 18.7. The van der Waals surface area contributed by atoms with Gasteiger partial charge in [0.05, 0.1) is 17.5 Å². The number of carboxylic acid groups (broad SMARTS) is 1. The molecule has 4 unspecified atom stereocenters. The first kappa shape index (κ1) is 25.3. The maximum Gasteiger partial charge on any atom is 0.325 e. The minimum atomic E-state index is -1.81. The zero-order chi connectivity index (χ0) is 27.5. The summed E-state index contributed by atoms with van der Waals surface area (Å²) in [7, 11) is 0. The van der Waals surface area contributed by atoms with E-state index in [2.05, 4.69) is 26.2 Å². The number of hydrogen-bond donors (Lipinski definition) is 4. The van der Waals surface area contributed by atoms with Crippen LogP contribution in [0, 0.1) is 11.8 Å². The molecule has 2 saturated heterocycles. The number of imide groups is 1. The number of hydrogen-bond acceptors (Lipinski definition) is 5. The number of carbonyl (C=O) groups excluding carboxylic acids is 2. The highest BCUT2D eigenvalue weighted by atomic mass is 79.9. The highest BCUT2D eigenvalue weighted by molar-refractivity contribution is 9.10. The summed E-state index contributed by atoms with van der Waals surface area (Å²) in [6, 6.07) is 18.6. The van der Waals surface area contributed by atoms with Gasteiger partial charge in [0.25, 0.3) is 0 Å². The number of nitrogens with zero attached hydrogens (tertiary/aromatic N) is 1. The topological polar surface area (TPSA) is 123 Å². The Labute approximate surface area is 232 Å². The summed E-state index contributed by atoms with van der Waals surface area (Å²) in [5.74, 6) is -4.62. The number of fused-ring (bicyclic) bond motifs is 2. The van der Waals surface area contributed by atoms with Gasteiger partial charge in [0.15, 0.2) is 0 Å². The lowest BCUT2D eigenvalue weighted by Gasteiger charge is -2.31. The number of aliphatic carboxylic acids is 1. The molecule has 0 saturated carbocycles. The SMILES string of the molecule is CCc1ccc(N2C(=O)C3C(c4cc(Br)ccc4O)NC(Cc4c[nH]c5ccccc45)(C(=O)O)C3C2=O)cc1. The number of rotatable bonds is 6. The molecule has 0 aliphatic carbocycles. The standard InChI is InChI=1S/C30H26BrN3O5/c1-2-16-7-10-19(11-8-16)34-27(36)24-25(28(34)37)30(29(38)39,14-17-15-32-22-6-4-3-5-20(17)22)33-26(24)21-13-18(31)9-12-23(21)35/h3-13,15,24-26,32-33,35H,2,14H2,1H3,(H,38,39). The molecule has 2 fully saturated rings. The lowest BCUT2D eigenvalue weighted by atomic mass is 9.76. The lowest BCUT2D eigenvalue weighted by Crippen LogP contribution is -2.57. The lowest BCUT2D eigenvalue weighted by molar-refractivity contribution is -0.148. The molecule has 6 rings (SSSR count). The Morgan fingerprint density at radius 3 is 2.51 bits per heavy atom. The number of carboxylic acids is 1. The fraction of sp³-hybridized carbons (Fsp3) is 0.233. The second kappa shape index (κ2) is 9.36. The number of halogens is 1. The van der Waals surface area contributed by atoms with E-state index < -0.39 is 41.2 Å². The third kappa shape index (κ3) is 3.87. The Morgan fingerprint density at radius 1 is 1.05 bits per heavy atom. The number of amides is 2. The van der Waals surface area contributed by atoms with E-state index in [0.717, 1.165) is 27.8 Å². The van der Waals surface area contributed by atoms with Gasteiger partial charge < -0.3 is 15.2 Å². The normalized spacial score (nSPS) is 24.5. The number of phenolic OH excluding ortho intramolecular Hbond substituents is 1. The van der Waals surface area contributed by atoms with Crippen molar-refractivity contribution in [2.24, 2.45) is 11.8 Å². The minimum absolute atomic E-state index is 0.0413. The van der Waals surface area contributed by atoms with E-state index >= 15 is 0 Å². The average molecular weight is 588 g/mol. The Balaban J connectivity index is 1.52. The molecule has 0 radical (unpaired) electrons. The number of H-pyrrole nitrogens is 1. The molecule has 2 aliphatic rings. The zero-order valence-electron chi connectivity index (χ0n) is 21.0. The monoisotopic (exact) mass is 587 g/mol. The zero-order valence-corrected chi connectivity index (χ0v) is 22.6. The minimum Gasteiger partial charge on any atom is -0.508 e. The van der Waals surface area contributed by atoms with Gasteiger partial charge in [-0.15, -0.1) is 0 Å². The van der Waals surface area contributed by atoms with Crippen molar-refractivity contribution in [1.82, 2.24) is 10.3 Å². The van der Waals surface area contributed by atoms with Crippen LogP contribution in [0.1, 0.15) is 29.7 Å². The average Bonchev–Trinajstić information content (AvgIpc) is 3.58. The number of aromatic amines is 1. The van der Waals surface area contributed by atoms with Gasteiger partial charge in [0.2, 0.25) is 11.8 Å². The van der Waals surface area contributed by atoms with Crippen molar-refractivity contribution in [2.45, 2.75) is 31.3 Å². The van der Waals surface area contributed by atoms with Crippen molar-refractivity contribution < 1.29 is 24.6 Å². The summed E-state index contributed by atoms with van der Waals surface area (Å²) in [6.07, 6.45) is 2.51. The van der Waals surface area contributed by atoms with E-state index in [-0.39, 0.29) is 12.2 Å². The summed E-state index contributed by atoms with van der Waals surface area (Å²) in [6.45, 7) is 2.01.